The molecule has 2 rings (SSSR count). The second kappa shape index (κ2) is 5.37. The molecule has 0 saturated carbocycles. The van der Waals surface area contributed by atoms with Gasteiger partial charge in [0.05, 0.1) is 10.7 Å². The lowest BCUT2D eigenvalue weighted by molar-refractivity contribution is 0.315. The lowest BCUT2D eigenvalue weighted by Gasteiger charge is -2.15. The summed E-state index contributed by atoms with van der Waals surface area (Å²) in [7, 11) is 1.95. The van der Waals surface area contributed by atoms with Gasteiger partial charge in [-0.3, -0.25) is 10.00 Å². The zero-order valence-electron chi connectivity index (χ0n) is 9.95. The van der Waals surface area contributed by atoms with Gasteiger partial charge in [0.25, 0.3) is 0 Å². The molecule has 6 heteroatoms. The van der Waals surface area contributed by atoms with Crippen molar-refractivity contribution in [2.24, 2.45) is 0 Å². The Morgan fingerprint density at radius 3 is 2.78 bits per heavy atom. The Hall–Kier alpha value is -1.59. The van der Waals surface area contributed by atoms with E-state index in [1.807, 2.05) is 7.05 Å². The minimum Gasteiger partial charge on any atom is -0.382 e. The summed E-state index contributed by atoms with van der Waals surface area (Å²) in [5, 5.41) is 6.84. The Bertz CT molecular complexity index is 541. The average molecular weight is 269 g/mol. The number of nitrogens with two attached hydrogens (primary N) is 1. The fourth-order valence-corrected chi connectivity index (χ4v) is 1.96. The maximum atomic E-state index is 13.0. The number of halogens is 2. The molecule has 4 nitrogen and oxygen atoms in total. The second-order valence-corrected chi connectivity index (χ2v) is 4.65. The number of nitrogen functional groups attached to an aromatic ring is 1. The van der Waals surface area contributed by atoms with E-state index in [9.17, 15) is 4.39 Å². The van der Waals surface area contributed by atoms with Gasteiger partial charge in [-0.05, 0) is 24.7 Å². The summed E-state index contributed by atoms with van der Waals surface area (Å²) in [6, 6.07) is 6.52. The van der Waals surface area contributed by atoms with Crippen molar-refractivity contribution in [1.82, 2.24) is 15.1 Å². The maximum Gasteiger partial charge on any atom is 0.145 e. The molecule has 0 radical (unpaired) electrons. The van der Waals surface area contributed by atoms with Crippen molar-refractivity contribution in [2.75, 3.05) is 12.8 Å². The predicted octanol–water partition coefficient (Wildman–Crippen LogP) is 2.42. The van der Waals surface area contributed by atoms with Crippen LogP contribution in [0.25, 0.3) is 0 Å². The summed E-state index contributed by atoms with van der Waals surface area (Å²) < 4.78 is 13.0. The van der Waals surface area contributed by atoms with Gasteiger partial charge < -0.3 is 5.73 Å². The van der Waals surface area contributed by atoms with Crippen LogP contribution in [0.3, 0.4) is 0 Å². The van der Waals surface area contributed by atoms with Gasteiger partial charge in [0.1, 0.15) is 11.6 Å². The Balaban J connectivity index is 1.98. The van der Waals surface area contributed by atoms with E-state index in [1.165, 1.54) is 6.07 Å². The number of nitrogens with one attached hydrogen (secondary N) is 1. The first kappa shape index (κ1) is 12.9. The molecule has 0 aliphatic rings. The van der Waals surface area contributed by atoms with Gasteiger partial charge >= 0.3 is 0 Å². The number of H-pyrrole nitrogens is 1. The molecule has 1 heterocycles. The summed E-state index contributed by atoms with van der Waals surface area (Å²) in [5.41, 5.74) is 7.41. The fraction of sp³-hybridized carbons (Fsp3) is 0.250. The molecule has 1 aromatic heterocycles. The molecule has 0 aliphatic heterocycles. The minimum atomic E-state index is -0.399. The van der Waals surface area contributed by atoms with E-state index >= 15 is 0 Å². The van der Waals surface area contributed by atoms with Crippen LogP contribution >= 0.6 is 11.6 Å². The van der Waals surface area contributed by atoms with Crippen LogP contribution in [0, 0.1) is 5.82 Å². The molecule has 96 valence electrons. The van der Waals surface area contributed by atoms with Crippen LogP contribution < -0.4 is 5.73 Å². The summed E-state index contributed by atoms with van der Waals surface area (Å²) >= 11 is 5.73. The van der Waals surface area contributed by atoms with Gasteiger partial charge in [-0.15, -0.1) is 0 Å². The number of anilines is 1. The molecule has 0 spiro atoms. The highest BCUT2D eigenvalue weighted by atomic mass is 35.5. The smallest absolute Gasteiger partial charge is 0.145 e. The first-order valence-electron chi connectivity index (χ1n) is 5.47. The molecule has 0 unspecified atom stereocenters. The van der Waals surface area contributed by atoms with Gasteiger partial charge in [-0.1, -0.05) is 17.7 Å². The summed E-state index contributed by atoms with van der Waals surface area (Å²) in [5.74, 6) is 0.0765. The van der Waals surface area contributed by atoms with Crippen molar-refractivity contribution in [3.05, 3.63) is 46.4 Å². The van der Waals surface area contributed by atoms with Crippen LogP contribution in [-0.2, 0) is 13.1 Å². The average Bonchev–Trinajstić information content (AvgIpc) is 2.69. The first-order chi connectivity index (χ1) is 8.54. The lowest BCUT2D eigenvalue weighted by atomic mass is 10.2. The molecule has 0 bridgehead atoms. The number of nitrogens with zero attached hydrogens (tertiary/aromatic N) is 2. The molecule has 0 aliphatic carbocycles. The molecular weight excluding hydrogens is 255 g/mol. The fourth-order valence-electron chi connectivity index (χ4n) is 1.76. The van der Waals surface area contributed by atoms with Gasteiger partial charge in [0, 0.05) is 19.2 Å². The number of aromatic amines is 1. The van der Waals surface area contributed by atoms with E-state index < -0.39 is 5.82 Å². The molecule has 0 amide bonds. The Morgan fingerprint density at radius 2 is 2.17 bits per heavy atom. The monoisotopic (exact) mass is 268 g/mol. The van der Waals surface area contributed by atoms with Crippen molar-refractivity contribution in [3.8, 4) is 0 Å². The Morgan fingerprint density at radius 1 is 1.39 bits per heavy atom. The van der Waals surface area contributed by atoms with Crippen molar-refractivity contribution in [1.29, 1.82) is 0 Å². The summed E-state index contributed by atoms with van der Waals surface area (Å²) in [6.45, 7) is 1.35. The SMILES string of the molecule is CN(Cc1ccc(F)c(Cl)c1)Cc1cc(N)n[nH]1. The third-order valence-corrected chi connectivity index (χ3v) is 2.82. The molecule has 0 fully saturated rings. The predicted molar refractivity (Wildman–Crippen MR) is 69.6 cm³/mol. The van der Waals surface area contributed by atoms with E-state index in [2.05, 4.69) is 15.1 Å². The normalized spacial score (nSPS) is 11.1. The molecule has 2 aromatic rings. The number of hydrogen-bond donors (Lipinski definition) is 2. The van der Waals surface area contributed by atoms with Crippen molar-refractivity contribution >= 4 is 17.4 Å². The van der Waals surface area contributed by atoms with Gasteiger partial charge in [-0.25, -0.2) is 4.39 Å². The molecular formula is C12H14ClFN4. The van der Waals surface area contributed by atoms with Crippen molar-refractivity contribution in [3.63, 3.8) is 0 Å². The first-order valence-corrected chi connectivity index (χ1v) is 5.84. The third kappa shape index (κ3) is 3.21. The van der Waals surface area contributed by atoms with Crippen LogP contribution in [0.5, 0.6) is 0 Å². The Labute approximate surface area is 110 Å². The Kier molecular flexibility index (Phi) is 3.84. The number of hydrogen-bond acceptors (Lipinski definition) is 3. The van der Waals surface area contributed by atoms with E-state index in [0.29, 0.717) is 18.9 Å². The highest BCUT2D eigenvalue weighted by Gasteiger charge is 2.06. The van der Waals surface area contributed by atoms with E-state index in [1.54, 1.807) is 18.2 Å². The van der Waals surface area contributed by atoms with E-state index in [0.717, 1.165) is 11.3 Å². The lowest BCUT2D eigenvalue weighted by Crippen LogP contribution is -2.17. The molecule has 1 aromatic carbocycles. The third-order valence-electron chi connectivity index (χ3n) is 2.53. The molecule has 3 N–H and O–H groups in total. The summed E-state index contributed by atoms with van der Waals surface area (Å²) in [4.78, 5) is 2.05. The minimum absolute atomic E-state index is 0.145. The van der Waals surface area contributed by atoms with Crippen LogP contribution in [-0.4, -0.2) is 22.1 Å². The number of aromatic nitrogens is 2. The van der Waals surface area contributed by atoms with Crippen molar-refractivity contribution in [2.45, 2.75) is 13.1 Å². The topological polar surface area (TPSA) is 57.9 Å². The summed E-state index contributed by atoms with van der Waals surface area (Å²) in [6.07, 6.45) is 0. The maximum absolute atomic E-state index is 13.0. The molecule has 0 saturated heterocycles. The zero-order valence-corrected chi connectivity index (χ0v) is 10.7. The molecule has 0 atom stereocenters. The van der Waals surface area contributed by atoms with Crippen LogP contribution in [0.15, 0.2) is 24.3 Å². The van der Waals surface area contributed by atoms with Gasteiger partial charge in [-0.2, -0.15) is 5.10 Å². The van der Waals surface area contributed by atoms with Crippen LogP contribution in [0.2, 0.25) is 5.02 Å². The highest BCUT2D eigenvalue weighted by molar-refractivity contribution is 6.30. The number of benzene rings is 1. The van der Waals surface area contributed by atoms with Gasteiger partial charge in [0.2, 0.25) is 0 Å². The van der Waals surface area contributed by atoms with Crippen LogP contribution in [0.1, 0.15) is 11.3 Å². The second-order valence-electron chi connectivity index (χ2n) is 4.24. The van der Waals surface area contributed by atoms with E-state index in [4.69, 9.17) is 17.3 Å². The highest BCUT2D eigenvalue weighted by Crippen LogP contribution is 2.17. The van der Waals surface area contributed by atoms with E-state index in [-0.39, 0.29) is 5.02 Å². The van der Waals surface area contributed by atoms with Crippen LogP contribution in [0.4, 0.5) is 10.2 Å². The number of rotatable bonds is 4. The largest absolute Gasteiger partial charge is 0.382 e. The van der Waals surface area contributed by atoms with Crippen molar-refractivity contribution < 1.29 is 4.39 Å². The molecule has 18 heavy (non-hydrogen) atoms. The van der Waals surface area contributed by atoms with Gasteiger partial charge in [0.15, 0.2) is 0 Å². The zero-order chi connectivity index (χ0) is 13.1. The quantitative estimate of drug-likeness (QED) is 0.895. The standard InChI is InChI=1S/C12H14ClFN4/c1-18(7-9-5-12(15)17-16-9)6-8-2-3-11(14)10(13)4-8/h2-5H,6-7H2,1H3,(H3,15,16,17).